The number of nitrogens with zero attached hydrogens (tertiary/aromatic N) is 6. The summed E-state index contributed by atoms with van der Waals surface area (Å²) in [6.45, 7) is 4.74. The highest BCUT2D eigenvalue weighted by Gasteiger charge is 2.45. The molecule has 1 saturated carbocycles. The van der Waals surface area contributed by atoms with E-state index < -0.39 is 35.6 Å². The first kappa shape index (κ1) is 42.4. The number of nitrogens with one attached hydrogen (secondary N) is 2. The van der Waals surface area contributed by atoms with Gasteiger partial charge in [-0.25, -0.2) is 4.68 Å². The number of carbonyl (C=O) groups is 6. The molecule has 0 bridgehead atoms. The summed E-state index contributed by atoms with van der Waals surface area (Å²) in [5, 5.41) is 10.7. The van der Waals surface area contributed by atoms with Crippen LogP contribution in [0.4, 0.5) is 11.5 Å². The molecule has 3 aromatic carbocycles. The number of para-hydroxylation sites is 1. The highest BCUT2D eigenvalue weighted by Crippen LogP contribution is 2.42. The number of ether oxygens (including phenoxy) is 1. The van der Waals surface area contributed by atoms with Gasteiger partial charge in [-0.3, -0.25) is 39.0 Å². The van der Waals surface area contributed by atoms with E-state index in [2.05, 4.69) is 32.4 Å². The molecule has 1 unspecified atom stereocenters. The highest BCUT2D eigenvalue weighted by molar-refractivity contribution is 6.23. The molecule has 65 heavy (non-hydrogen) atoms. The number of piperidine rings is 3. The van der Waals surface area contributed by atoms with Crippen molar-refractivity contribution in [3.8, 4) is 22.8 Å². The molecule has 6 amide bonds. The summed E-state index contributed by atoms with van der Waals surface area (Å²) >= 11 is 0. The number of amides is 6. The number of imide groups is 2. The van der Waals surface area contributed by atoms with E-state index in [1.165, 1.54) is 0 Å². The van der Waals surface area contributed by atoms with Crippen LogP contribution in [-0.4, -0.2) is 118 Å². The molecule has 338 valence electrons. The zero-order chi connectivity index (χ0) is 44.9. The number of anilines is 2. The number of likely N-dealkylation sites (tertiary alicyclic amines) is 1. The summed E-state index contributed by atoms with van der Waals surface area (Å²) < 4.78 is 7.95. The largest absolute Gasteiger partial charge is 0.457 e. The zero-order valence-electron chi connectivity index (χ0n) is 36.6. The molecule has 16 heteroatoms. The van der Waals surface area contributed by atoms with Crippen LogP contribution in [0.15, 0.2) is 72.8 Å². The summed E-state index contributed by atoms with van der Waals surface area (Å²) in [6, 6.07) is 21.9. The molecule has 6 heterocycles. The van der Waals surface area contributed by atoms with E-state index >= 15 is 0 Å². The Bertz CT molecular complexity index is 2520. The van der Waals surface area contributed by atoms with Gasteiger partial charge in [-0.1, -0.05) is 18.2 Å². The number of rotatable bonds is 11. The molecule has 1 aromatic heterocycles. The van der Waals surface area contributed by atoms with E-state index in [0.717, 1.165) is 86.5 Å². The SMILES string of the molecule is CN(CC1CCN(c2ccc3c(c2)C(=O)N(C2CCC(=O)NC2=O)C3=O)CC1)C1CC(C(=O)N2CCC([C@@H]3CCNc4c(C(N)=O)c(-c5ccc(Oc6ccccc6)cc5)nn43)CC2)C1. The predicted octanol–water partition coefficient (Wildman–Crippen LogP) is 5.06. The summed E-state index contributed by atoms with van der Waals surface area (Å²) in [4.78, 5) is 85.1. The lowest BCUT2D eigenvalue weighted by atomic mass is 9.77. The lowest BCUT2D eigenvalue weighted by molar-refractivity contribution is -0.142. The van der Waals surface area contributed by atoms with E-state index in [0.29, 0.717) is 65.9 Å². The third kappa shape index (κ3) is 8.12. The average Bonchev–Trinajstić information content (AvgIpc) is 3.81. The maximum Gasteiger partial charge on any atom is 0.262 e. The van der Waals surface area contributed by atoms with Crippen molar-refractivity contribution < 1.29 is 33.5 Å². The minimum atomic E-state index is -0.981. The van der Waals surface area contributed by atoms with Crippen molar-refractivity contribution in [3.05, 3.63) is 89.5 Å². The third-order valence-electron chi connectivity index (χ3n) is 14.7. The number of fused-ring (bicyclic) bond motifs is 2. The monoisotopic (exact) mass is 881 g/mol. The van der Waals surface area contributed by atoms with Crippen LogP contribution >= 0.6 is 0 Å². The van der Waals surface area contributed by atoms with Gasteiger partial charge in [0.15, 0.2) is 0 Å². The van der Waals surface area contributed by atoms with Gasteiger partial charge in [0, 0.05) is 68.9 Å². The van der Waals surface area contributed by atoms with Crippen molar-refractivity contribution in [1.82, 2.24) is 29.8 Å². The molecule has 0 radical (unpaired) electrons. The van der Waals surface area contributed by atoms with Crippen molar-refractivity contribution in [3.63, 3.8) is 0 Å². The van der Waals surface area contributed by atoms with Crippen LogP contribution in [0.1, 0.15) is 94.9 Å². The molecule has 4 N–H and O–H groups in total. The number of primary amides is 1. The smallest absolute Gasteiger partial charge is 0.262 e. The van der Waals surface area contributed by atoms with E-state index in [1.54, 1.807) is 12.1 Å². The topological polar surface area (TPSA) is 193 Å². The Morgan fingerprint density at radius 2 is 1.54 bits per heavy atom. The van der Waals surface area contributed by atoms with Gasteiger partial charge >= 0.3 is 0 Å². The van der Waals surface area contributed by atoms with E-state index in [4.69, 9.17) is 15.6 Å². The quantitative estimate of drug-likeness (QED) is 0.171. The number of hydrogen-bond acceptors (Lipinski definition) is 11. The lowest BCUT2D eigenvalue weighted by Crippen LogP contribution is -2.54. The van der Waals surface area contributed by atoms with Gasteiger partial charge in [0.25, 0.3) is 17.7 Å². The molecule has 6 aliphatic rings. The standard InChI is InChI=1S/C49H55N9O7/c1-54(28-29-16-21-55(22-17-29)33-9-12-37-38(27-33)49(64)57(48(37)63)40-13-14-41(59)52-46(40)61)34-25-32(26-34)47(62)56-23-18-30(19-24-56)39-15-20-51-45-42(44(50)60)43(53-58(39)45)31-7-10-36(11-8-31)65-35-5-3-2-4-6-35/h2-12,27,29-30,32,34,39-40,51H,13-26,28H2,1H3,(H2,50,60)(H,52,59,61)/t32?,34?,39-,40?/m0/s1. The van der Waals surface area contributed by atoms with Gasteiger partial charge in [-0.15, -0.1) is 0 Å². The molecule has 2 atom stereocenters. The highest BCUT2D eigenvalue weighted by atomic mass is 16.5. The van der Waals surface area contributed by atoms with Crippen LogP contribution in [0.2, 0.25) is 0 Å². The first-order valence-electron chi connectivity index (χ1n) is 23.1. The first-order chi connectivity index (χ1) is 31.5. The Morgan fingerprint density at radius 1 is 0.831 bits per heavy atom. The van der Waals surface area contributed by atoms with Crippen molar-refractivity contribution in [2.75, 3.05) is 56.5 Å². The number of nitrogens with two attached hydrogens (primary N) is 1. The number of benzene rings is 3. The summed E-state index contributed by atoms with van der Waals surface area (Å²) in [7, 11) is 2.17. The predicted molar refractivity (Wildman–Crippen MR) is 241 cm³/mol. The molecule has 4 aromatic rings. The molecular formula is C49H55N9O7. The fourth-order valence-corrected chi connectivity index (χ4v) is 11.0. The van der Waals surface area contributed by atoms with E-state index in [1.807, 2.05) is 65.3 Å². The minimum Gasteiger partial charge on any atom is -0.457 e. The van der Waals surface area contributed by atoms with Crippen molar-refractivity contribution in [1.29, 1.82) is 0 Å². The van der Waals surface area contributed by atoms with Gasteiger partial charge in [0.1, 0.15) is 34.6 Å². The Morgan fingerprint density at radius 3 is 2.25 bits per heavy atom. The lowest BCUT2D eigenvalue weighted by Gasteiger charge is -2.45. The fraction of sp³-hybridized carbons (Fsp3) is 0.449. The average molecular weight is 882 g/mol. The number of hydrogen-bond donors (Lipinski definition) is 3. The van der Waals surface area contributed by atoms with Gasteiger partial charge in [-0.05, 0) is 125 Å². The second-order valence-corrected chi connectivity index (χ2v) is 18.6. The van der Waals surface area contributed by atoms with Gasteiger partial charge in [0.2, 0.25) is 17.7 Å². The summed E-state index contributed by atoms with van der Waals surface area (Å²) in [5.74, 6) is 0.692. The third-order valence-corrected chi connectivity index (χ3v) is 14.7. The van der Waals surface area contributed by atoms with E-state index in [-0.39, 0.29) is 36.3 Å². The van der Waals surface area contributed by atoms with Crippen LogP contribution in [-0.2, 0) is 14.4 Å². The number of aromatic nitrogens is 2. The van der Waals surface area contributed by atoms with Crippen LogP contribution in [0.3, 0.4) is 0 Å². The molecule has 3 saturated heterocycles. The van der Waals surface area contributed by atoms with Gasteiger partial charge < -0.3 is 30.5 Å². The molecule has 10 rings (SSSR count). The van der Waals surface area contributed by atoms with Crippen LogP contribution in [0, 0.1) is 17.8 Å². The summed E-state index contributed by atoms with van der Waals surface area (Å²) in [5.41, 5.74) is 9.19. The Kier molecular flexibility index (Phi) is 11.4. The maximum absolute atomic E-state index is 13.8. The second kappa shape index (κ2) is 17.4. The van der Waals surface area contributed by atoms with Crippen molar-refractivity contribution in [2.24, 2.45) is 23.5 Å². The Hall–Kier alpha value is -6.55. The molecule has 0 spiro atoms. The molecular weight excluding hydrogens is 827 g/mol. The molecule has 16 nitrogen and oxygen atoms in total. The second-order valence-electron chi connectivity index (χ2n) is 18.6. The Labute approximate surface area is 377 Å². The van der Waals surface area contributed by atoms with Gasteiger partial charge in [-0.2, -0.15) is 5.10 Å². The minimum absolute atomic E-state index is 0.0444. The molecule has 5 aliphatic heterocycles. The molecule has 4 fully saturated rings. The first-order valence-corrected chi connectivity index (χ1v) is 23.1. The van der Waals surface area contributed by atoms with Crippen molar-refractivity contribution in [2.45, 2.75) is 75.9 Å². The van der Waals surface area contributed by atoms with Crippen LogP contribution in [0.5, 0.6) is 11.5 Å². The molecule has 1 aliphatic carbocycles. The maximum atomic E-state index is 13.8. The summed E-state index contributed by atoms with van der Waals surface area (Å²) in [6.07, 6.45) is 6.54. The van der Waals surface area contributed by atoms with Crippen molar-refractivity contribution >= 4 is 46.9 Å². The fourth-order valence-electron chi connectivity index (χ4n) is 11.0. The number of carbonyl (C=O) groups excluding carboxylic acids is 6. The van der Waals surface area contributed by atoms with Gasteiger partial charge in [0.05, 0.1) is 17.2 Å². The van der Waals surface area contributed by atoms with Crippen LogP contribution in [0.25, 0.3) is 11.3 Å². The normalized spacial score (nSPS) is 23.8. The Balaban J connectivity index is 0.688. The van der Waals surface area contributed by atoms with E-state index in [9.17, 15) is 28.8 Å². The van der Waals surface area contributed by atoms with Crippen LogP contribution < -0.4 is 26.0 Å². The zero-order valence-corrected chi connectivity index (χ0v) is 36.6.